The number of nitrogens with zero attached hydrogens (tertiary/aromatic N) is 1. The molecule has 0 aromatic carbocycles. The van der Waals surface area contributed by atoms with Crippen LogP contribution in [0.25, 0.3) is 0 Å². The standard InChI is InChI=1S/C13H26N2OS/c1-4-14-10-11(2)13(16)15-8-5-6-12(17-3)7-9-15/h11-12,14H,4-10H2,1-3H3. The van der Waals surface area contributed by atoms with Crippen molar-refractivity contribution in [3.8, 4) is 0 Å². The van der Waals surface area contributed by atoms with Crippen molar-refractivity contribution in [2.45, 2.75) is 38.4 Å². The van der Waals surface area contributed by atoms with E-state index >= 15 is 0 Å². The van der Waals surface area contributed by atoms with Crippen molar-refractivity contribution in [1.82, 2.24) is 10.2 Å². The third-order valence-corrected chi connectivity index (χ3v) is 4.58. The van der Waals surface area contributed by atoms with Crippen molar-refractivity contribution in [2.75, 3.05) is 32.4 Å². The number of carbonyl (C=O) groups excluding carboxylic acids is 1. The maximum absolute atomic E-state index is 12.2. The van der Waals surface area contributed by atoms with Gasteiger partial charge in [0.2, 0.25) is 5.91 Å². The fraction of sp³-hybridized carbons (Fsp3) is 0.923. The lowest BCUT2D eigenvalue weighted by Crippen LogP contribution is -2.39. The molecule has 1 N–H and O–H groups in total. The summed E-state index contributed by atoms with van der Waals surface area (Å²) < 4.78 is 0. The van der Waals surface area contributed by atoms with Gasteiger partial charge in [-0.3, -0.25) is 4.79 Å². The minimum absolute atomic E-state index is 0.112. The lowest BCUT2D eigenvalue weighted by molar-refractivity contribution is -0.134. The normalized spacial score (nSPS) is 23.2. The van der Waals surface area contributed by atoms with Crippen molar-refractivity contribution in [1.29, 1.82) is 0 Å². The molecule has 0 aromatic rings. The Bertz CT molecular complexity index is 235. The third-order valence-electron chi connectivity index (χ3n) is 3.44. The summed E-state index contributed by atoms with van der Waals surface area (Å²) in [5.41, 5.74) is 0. The fourth-order valence-electron chi connectivity index (χ4n) is 2.28. The molecule has 0 aliphatic carbocycles. The Balaban J connectivity index is 2.40. The zero-order valence-corrected chi connectivity index (χ0v) is 12.2. The molecule has 1 heterocycles. The highest BCUT2D eigenvalue weighted by molar-refractivity contribution is 7.99. The summed E-state index contributed by atoms with van der Waals surface area (Å²) in [6.45, 7) is 7.74. The van der Waals surface area contributed by atoms with Gasteiger partial charge < -0.3 is 10.2 Å². The Labute approximate surface area is 110 Å². The second-order valence-electron chi connectivity index (χ2n) is 4.82. The van der Waals surface area contributed by atoms with Gasteiger partial charge in [0.15, 0.2) is 0 Å². The average Bonchev–Trinajstić information content (AvgIpc) is 2.60. The number of hydrogen-bond acceptors (Lipinski definition) is 3. The average molecular weight is 258 g/mol. The summed E-state index contributed by atoms with van der Waals surface area (Å²) in [6.07, 6.45) is 5.74. The van der Waals surface area contributed by atoms with E-state index < -0.39 is 0 Å². The van der Waals surface area contributed by atoms with E-state index in [0.29, 0.717) is 5.91 Å². The maximum Gasteiger partial charge on any atom is 0.226 e. The van der Waals surface area contributed by atoms with Crippen LogP contribution in [0.15, 0.2) is 0 Å². The molecular formula is C13H26N2OS. The molecule has 1 fully saturated rings. The van der Waals surface area contributed by atoms with Gasteiger partial charge in [-0.05, 0) is 32.1 Å². The molecule has 100 valence electrons. The molecule has 0 radical (unpaired) electrons. The van der Waals surface area contributed by atoms with Gasteiger partial charge in [-0.25, -0.2) is 0 Å². The molecule has 0 aromatic heterocycles. The van der Waals surface area contributed by atoms with Crippen LogP contribution in [0.5, 0.6) is 0 Å². The Morgan fingerprint density at radius 3 is 2.88 bits per heavy atom. The third kappa shape index (κ3) is 4.88. The van der Waals surface area contributed by atoms with E-state index in [4.69, 9.17) is 0 Å². The molecule has 1 aliphatic heterocycles. The van der Waals surface area contributed by atoms with Crippen molar-refractivity contribution in [2.24, 2.45) is 5.92 Å². The van der Waals surface area contributed by atoms with Crippen LogP contribution in [-0.2, 0) is 4.79 Å². The molecule has 0 saturated carbocycles. The smallest absolute Gasteiger partial charge is 0.226 e. The van der Waals surface area contributed by atoms with Crippen molar-refractivity contribution < 1.29 is 4.79 Å². The van der Waals surface area contributed by atoms with Crippen LogP contribution in [0, 0.1) is 5.92 Å². The molecule has 1 rings (SSSR count). The topological polar surface area (TPSA) is 32.3 Å². The molecule has 4 heteroatoms. The number of likely N-dealkylation sites (tertiary alicyclic amines) is 1. The minimum atomic E-state index is 0.112. The maximum atomic E-state index is 12.2. The molecular weight excluding hydrogens is 232 g/mol. The predicted octanol–water partition coefficient (Wildman–Crippen LogP) is 1.98. The second-order valence-corrected chi connectivity index (χ2v) is 5.96. The van der Waals surface area contributed by atoms with Crippen LogP contribution in [0.3, 0.4) is 0 Å². The van der Waals surface area contributed by atoms with Crippen LogP contribution in [0.2, 0.25) is 0 Å². The summed E-state index contributed by atoms with van der Waals surface area (Å²) >= 11 is 1.94. The SMILES string of the molecule is CCNCC(C)C(=O)N1CCCC(SC)CC1. The van der Waals surface area contributed by atoms with E-state index in [1.54, 1.807) is 0 Å². The van der Waals surface area contributed by atoms with Crippen molar-refractivity contribution in [3.05, 3.63) is 0 Å². The number of rotatable bonds is 5. The minimum Gasteiger partial charge on any atom is -0.342 e. The van der Waals surface area contributed by atoms with Crippen molar-refractivity contribution in [3.63, 3.8) is 0 Å². The van der Waals surface area contributed by atoms with E-state index in [9.17, 15) is 4.79 Å². The first-order chi connectivity index (χ1) is 8.19. The van der Waals surface area contributed by atoms with Gasteiger partial charge in [0.1, 0.15) is 0 Å². The Morgan fingerprint density at radius 2 is 2.24 bits per heavy atom. The summed E-state index contributed by atoms with van der Waals surface area (Å²) in [5, 5.41) is 4.00. The lowest BCUT2D eigenvalue weighted by atomic mass is 10.1. The molecule has 3 nitrogen and oxygen atoms in total. The number of carbonyl (C=O) groups is 1. The number of amides is 1. The van der Waals surface area contributed by atoms with Crippen molar-refractivity contribution >= 4 is 17.7 Å². The van der Waals surface area contributed by atoms with E-state index in [0.717, 1.165) is 44.3 Å². The number of hydrogen-bond donors (Lipinski definition) is 1. The fourth-order valence-corrected chi connectivity index (χ4v) is 3.03. The first-order valence-electron chi connectivity index (χ1n) is 6.71. The molecule has 0 spiro atoms. The van der Waals surface area contributed by atoms with Gasteiger partial charge in [-0.2, -0.15) is 11.8 Å². The van der Waals surface area contributed by atoms with E-state index in [2.05, 4.69) is 23.4 Å². The largest absolute Gasteiger partial charge is 0.342 e. The van der Waals surface area contributed by atoms with Crippen LogP contribution < -0.4 is 5.32 Å². The highest BCUT2D eigenvalue weighted by Gasteiger charge is 2.23. The monoisotopic (exact) mass is 258 g/mol. The molecule has 0 bridgehead atoms. The Kier molecular flexibility index (Phi) is 6.97. The quantitative estimate of drug-likeness (QED) is 0.818. The second kappa shape index (κ2) is 7.98. The summed E-state index contributed by atoms with van der Waals surface area (Å²) in [6, 6.07) is 0. The first kappa shape index (κ1) is 14.8. The van der Waals surface area contributed by atoms with Crippen LogP contribution in [0.4, 0.5) is 0 Å². The van der Waals surface area contributed by atoms with Gasteiger partial charge >= 0.3 is 0 Å². The van der Waals surface area contributed by atoms with Crippen LogP contribution in [-0.4, -0.2) is 48.5 Å². The van der Waals surface area contributed by atoms with Crippen LogP contribution >= 0.6 is 11.8 Å². The van der Waals surface area contributed by atoms with Gasteiger partial charge in [-0.15, -0.1) is 0 Å². The van der Waals surface area contributed by atoms with Gasteiger partial charge in [0.25, 0.3) is 0 Å². The summed E-state index contributed by atoms with van der Waals surface area (Å²) in [7, 11) is 0. The zero-order valence-electron chi connectivity index (χ0n) is 11.4. The summed E-state index contributed by atoms with van der Waals surface area (Å²) in [4.78, 5) is 14.3. The Hall–Kier alpha value is -0.220. The molecule has 1 amide bonds. The predicted molar refractivity (Wildman–Crippen MR) is 75.4 cm³/mol. The van der Waals surface area contributed by atoms with Gasteiger partial charge in [0, 0.05) is 30.8 Å². The van der Waals surface area contributed by atoms with E-state index in [1.165, 1.54) is 6.42 Å². The van der Waals surface area contributed by atoms with Gasteiger partial charge in [-0.1, -0.05) is 13.8 Å². The number of thioether (sulfide) groups is 1. The Morgan fingerprint density at radius 1 is 1.47 bits per heavy atom. The molecule has 2 atom stereocenters. The number of nitrogens with one attached hydrogen (secondary N) is 1. The van der Waals surface area contributed by atoms with E-state index in [-0.39, 0.29) is 5.92 Å². The lowest BCUT2D eigenvalue weighted by Gasteiger charge is -2.24. The first-order valence-corrected chi connectivity index (χ1v) is 8.00. The molecule has 1 aliphatic rings. The van der Waals surface area contributed by atoms with Gasteiger partial charge in [0.05, 0.1) is 0 Å². The highest BCUT2D eigenvalue weighted by atomic mass is 32.2. The zero-order chi connectivity index (χ0) is 12.7. The van der Waals surface area contributed by atoms with Crippen LogP contribution in [0.1, 0.15) is 33.1 Å². The molecule has 17 heavy (non-hydrogen) atoms. The highest BCUT2D eigenvalue weighted by Crippen LogP contribution is 2.21. The van der Waals surface area contributed by atoms with E-state index in [1.807, 2.05) is 18.7 Å². The summed E-state index contributed by atoms with van der Waals surface area (Å²) in [5.74, 6) is 0.438. The molecule has 1 saturated heterocycles. The molecule has 2 unspecified atom stereocenters.